The first-order valence-corrected chi connectivity index (χ1v) is 9.93. The van der Waals surface area contributed by atoms with Gasteiger partial charge in [0, 0.05) is 24.1 Å². The number of methoxy groups -OCH3 is 1. The van der Waals surface area contributed by atoms with Gasteiger partial charge in [0.15, 0.2) is 0 Å². The van der Waals surface area contributed by atoms with Crippen LogP contribution in [-0.4, -0.2) is 42.8 Å². The van der Waals surface area contributed by atoms with Crippen molar-refractivity contribution in [1.82, 2.24) is 0 Å². The van der Waals surface area contributed by atoms with Crippen molar-refractivity contribution in [3.05, 3.63) is 21.1 Å². The molecule has 128 valence electrons. The summed E-state index contributed by atoms with van der Waals surface area (Å²) in [5, 5.41) is 1.40. The predicted molar refractivity (Wildman–Crippen MR) is 102 cm³/mol. The molecule has 0 saturated carbocycles. The van der Waals surface area contributed by atoms with Crippen molar-refractivity contribution < 1.29 is 19.1 Å². The van der Waals surface area contributed by atoms with E-state index < -0.39 is 5.97 Å². The van der Waals surface area contributed by atoms with Gasteiger partial charge in [-0.05, 0) is 22.0 Å². The first-order chi connectivity index (χ1) is 10.9. The fraction of sp³-hybridized carbons (Fsp3) is 0.429. The van der Waals surface area contributed by atoms with E-state index in [1.54, 1.807) is 0 Å². The Kier molecular flexibility index (Phi) is 8.89. The zero-order chi connectivity index (χ0) is 17.6. The molecule has 0 atom stereocenters. The van der Waals surface area contributed by atoms with E-state index in [-0.39, 0.29) is 22.2 Å². The van der Waals surface area contributed by atoms with Gasteiger partial charge in [-0.3, -0.25) is 4.79 Å². The highest BCUT2D eigenvalue weighted by molar-refractivity contribution is 9.10. The lowest BCUT2D eigenvalue weighted by Crippen LogP contribution is -2.31. The molecule has 0 saturated heterocycles. The fourth-order valence-corrected chi connectivity index (χ4v) is 3.59. The summed E-state index contributed by atoms with van der Waals surface area (Å²) in [7, 11) is 1.28. The molecule has 0 aliphatic rings. The monoisotopic (exact) mass is 533 g/mol. The van der Waals surface area contributed by atoms with E-state index in [0.29, 0.717) is 34.0 Å². The second-order valence-electron chi connectivity index (χ2n) is 4.29. The van der Waals surface area contributed by atoms with E-state index in [4.69, 9.17) is 21.1 Å². The number of esters is 1. The number of halogens is 4. The second kappa shape index (κ2) is 9.86. The van der Waals surface area contributed by atoms with Crippen molar-refractivity contribution in [2.45, 2.75) is 6.92 Å². The van der Waals surface area contributed by atoms with Crippen LogP contribution >= 0.6 is 59.4 Å². The summed E-state index contributed by atoms with van der Waals surface area (Å²) < 4.78 is 10.8. The lowest BCUT2D eigenvalue weighted by Gasteiger charge is -2.25. The summed E-state index contributed by atoms with van der Waals surface area (Å²) >= 11 is 16.3. The number of benzene rings is 1. The molecule has 0 radical (unpaired) electrons. The van der Waals surface area contributed by atoms with E-state index in [2.05, 4.69) is 47.8 Å². The SMILES string of the molecule is COC(=O)c1cc(Cl)c(N(CCBr)C(C)=O)c(Br)c1OCCBr. The standard InChI is InChI=1S/C14H15Br3ClNO4/c1-8(20)19(5-3-15)12-10(18)7-9(14(21)22-2)13(11(12)17)23-6-4-16/h7H,3-6H2,1-2H3. The molecule has 0 fully saturated rings. The van der Waals surface area contributed by atoms with E-state index in [1.165, 1.54) is 25.0 Å². The maximum absolute atomic E-state index is 12.0. The highest BCUT2D eigenvalue weighted by Gasteiger charge is 2.26. The van der Waals surface area contributed by atoms with Crippen molar-refractivity contribution in [1.29, 1.82) is 0 Å². The number of rotatable bonds is 7. The molecule has 0 aromatic heterocycles. The number of amides is 1. The number of anilines is 1. The lowest BCUT2D eigenvalue weighted by molar-refractivity contribution is -0.116. The third kappa shape index (κ3) is 5.08. The molecule has 5 nitrogen and oxygen atoms in total. The maximum atomic E-state index is 12.0. The average molecular weight is 536 g/mol. The summed E-state index contributed by atoms with van der Waals surface area (Å²) in [6.45, 7) is 2.20. The Morgan fingerprint density at radius 1 is 1.30 bits per heavy atom. The number of ether oxygens (including phenoxy) is 2. The Bertz CT molecular complexity index is 598. The lowest BCUT2D eigenvalue weighted by atomic mass is 10.1. The zero-order valence-electron chi connectivity index (χ0n) is 12.5. The second-order valence-corrected chi connectivity index (χ2v) is 7.07. The first-order valence-electron chi connectivity index (χ1n) is 6.52. The number of hydrogen-bond donors (Lipinski definition) is 0. The molecule has 0 aliphatic heterocycles. The number of carbonyl (C=O) groups is 2. The van der Waals surface area contributed by atoms with Crippen LogP contribution in [0.4, 0.5) is 5.69 Å². The predicted octanol–water partition coefficient (Wildman–Crippen LogP) is 4.41. The van der Waals surface area contributed by atoms with Gasteiger partial charge in [0.05, 0.1) is 28.9 Å². The minimum Gasteiger partial charge on any atom is -0.491 e. The van der Waals surface area contributed by atoms with Crippen LogP contribution in [0, 0.1) is 0 Å². The van der Waals surface area contributed by atoms with Crippen LogP contribution in [0.15, 0.2) is 10.5 Å². The minimum atomic E-state index is -0.571. The van der Waals surface area contributed by atoms with Crippen LogP contribution in [0.2, 0.25) is 5.02 Å². The fourth-order valence-electron chi connectivity index (χ4n) is 1.89. The third-order valence-electron chi connectivity index (χ3n) is 2.84. The van der Waals surface area contributed by atoms with Gasteiger partial charge in [-0.15, -0.1) is 0 Å². The Hall–Kier alpha value is -0.310. The van der Waals surface area contributed by atoms with Gasteiger partial charge in [-0.2, -0.15) is 0 Å². The van der Waals surface area contributed by atoms with Crippen LogP contribution in [0.1, 0.15) is 17.3 Å². The van der Waals surface area contributed by atoms with Crippen molar-refractivity contribution in [2.24, 2.45) is 0 Å². The Labute approximate surface area is 165 Å². The zero-order valence-corrected chi connectivity index (χ0v) is 18.0. The van der Waals surface area contributed by atoms with Gasteiger partial charge in [0.2, 0.25) is 5.91 Å². The van der Waals surface area contributed by atoms with Crippen LogP contribution < -0.4 is 9.64 Å². The Morgan fingerprint density at radius 2 is 1.96 bits per heavy atom. The molecule has 1 amide bonds. The molecule has 1 aromatic carbocycles. The first kappa shape index (κ1) is 20.7. The van der Waals surface area contributed by atoms with E-state index >= 15 is 0 Å². The van der Waals surface area contributed by atoms with Crippen LogP contribution in [-0.2, 0) is 9.53 Å². The summed E-state index contributed by atoms with van der Waals surface area (Å²) in [5.41, 5.74) is 0.646. The number of alkyl halides is 2. The molecule has 0 heterocycles. The summed E-state index contributed by atoms with van der Waals surface area (Å²) in [5.74, 6) is -0.459. The molecule has 0 spiro atoms. The van der Waals surface area contributed by atoms with E-state index in [9.17, 15) is 9.59 Å². The summed E-state index contributed by atoms with van der Waals surface area (Å²) in [6.07, 6.45) is 0. The molecule has 9 heteroatoms. The van der Waals surface area contributed by atoms with Crippen molar-refractivity contribution in [3.63, 3.8) is 0 Å². The van der Waals surface area contributed by atoms with Gasteiger partial charge < -0.3 is 14.4 Å². The minimum absolute atomic E-state index is 0.177. The van der Waals surface area contributed by atoms with Crippen LogP contribution in [0.25, 0.3) is 0 Å². The highest BCUT2D eigenvalue weighted by atomic mass is 79.9. The summed E-state index contributed by atoms with van der Waals surface area (Å²) in [4.78, 5) is 25.4. The molecule has 1 aromatic rings. The number of carbonyl (C=O) groups excluding carboxylic acids is 2. The molecule has 0 unspecified atom stereocenters. The molecular formula is C14H15Br3ClNO4. The van der Waals surface area contributed by atoms with E-state index in [0.717, 1.165) is 0 Å². The van der Waals surface area contributed by atoms with Crippen molar-refractivity contribution >= 4 is 77.0 Å². The largest absolute Gasteiger partial charge is 0.491 e. The highest BCUT2D eigenvalue weighted by Crippen LogP contribution is 2.43. The Morgan fingerprint density at radius 3 is 2.43 bits per heavy atom. The average Bonchev–Trinajstić information content (AvgIpc) is 2.51. The smallest absolute Gasteiger partial charge is 0.341 e. The number of hydrogen-bond acceptors (Lipinski definition) is 4. The van der Waals surface area contributed by atoms with Gasteiger partial charge in [0.25, 0.3) is 0 Å². The Balaban J connectivity index is 3.54. The van der Waals surface area contributed by atoms with Crippen LogP contribution in [0.3, 0.4) is 0 Å². The molecule has 23 heavy (non-hydrogen) atoms. The molecule has 0 N–H and O–H groups in total. The third-order valence-corrected chi connectivity index (χ3v) is 4.54. The topological polar surface area (TPSA) is 55.8 Å². The molecule has 0 aliphatic carbocycles. The van der Waals surface area contributed by atoms with E-state index in [1.807, 2.05) is 0 Å². The quantitative estimate of drug-likeness (QED) is 0.383. The van der Waals surface area contributed by atoms with Gasteiger partial charge in [-0.1, -0.05) is 43.5 Å². The molecule has 1 rings (SSSR count). The molecule has 0 bridgehead atoms. The van der Waals surface area contributed by atoms with Crippen molar-refractivity contribution in [2.75, 3.05) is 35.8 Å². The van der Waals surface area contributed by atoms with Gasteiger partial charge in [0.1, 0.15) is 11.3 Å². The van der Waals surface area contributed by atoms with Crippen molar-refractivity contribution in [3.8, 4) is 5.75 Å². The summed E-state index contributed by atoms with van der Waals surface area (Å²) in [6, 6.07) is 1.45. The van der Waals surface area contributed by atoms with Gasteiger partial charge >= 0.3 is 5.97 Å². The van der Waals surface area contributed by atoms with Gasteiger partial charge in [-0.25, -0.2) is 4.79 Å². The van der Waals surface area contributed by atoms with Crippen LogP contribution in [0.5, 0.6) is 5.75 Å². The normalized spacial score (nSPS) is 10.3. The maximum Gasteiger partial charge on any atom is 0.341 e. The molecular weight excluding hydrogens is 521 g/mol. The number of nitrogens with zero attached hydrogens (tertiary/aromatic N) is 1.